The van der Waals surface area contributed by atoms with Gasteiger partial charge in [0.25, 0.3) is 0 Å². The molecule has 1 fully saturated rings. The van der Waals surface area contributed by atoms with Gasteiger partial charge in [0.15, 0.2) is 0 Å². The minimum atomic E-state index is -0.339. The molecule has 1 unspecified atom stereocenters. The highest BCUT2D eigenvalue weighted by Gasteiger charge is 2.45. The number of hydrogen-bond donors (Lipinski definition) is 2. The number of hydrogen-bond acceptors (Lipinski definition) is 3. The van der Waals surface area contributed by atoms with Crippen molar-refractivity contribution in [2.45, 2.75) is 57.6 Å². The second-order valence-corrected chi connectivity index (χ2v) is 7.49. The van der Waals surface area contributed by atoms with E-state index in [1.54, 1.807) is 0 Å². The minimum absolute atomic E-state index is 0.140. The number of aliphatic hydroxyl groups excluding tert-OH is 1. The molecule has 0 aromatic heterocycles. The third-order valence-corrected chi connectivity index (χ3v) is 4.22. The molecule has 0 saturated heterocycles. The molecule has 0 spiro atoms. The molecule has 1 atom stereocenters. The molecule has 0 bridgehead atoms. The monoisotopic (exact) mass is 286 g/mol. The highest BCUT2D eigenvalue weighted by atomic mass is 16.3. The number of benzene rings is 1. The standard InChI is InChI=1S/C18H26N2O/c1-17(2,3)11-16(21)12-20-15-9-18(10-15,13-19)14-7-5-4-6-8-14/h4-8,15-16,20-21H,9-12H2,1-3H3. The van der Waals surface area contributed by atoms with E-state index < -0.39 is 0 Å². The maximum absolute atomic E-state index is 10.0. The quantitative estimate of drug-likeness (QED) is 0.875. The summed E-state index contributed by atoms with van der Waals surface area (Å²) in [6.45, 7) is 7.01. The summed E-state index contributed by atoms with van der Waals surface area (Å²) in [5, 5.41) is 22.9. The van der Waals surface area contributed by atoms with Gasteiger partial charge in [0.2, 0.25) is 0 Å². The van der Waals surface area contributed by atoms with Gasteiger partial charge in [-0.1, -0.05) is 51.1 Å². The second-order valence-electron chi connectivity index (χ2n) is 7.49. The van der Waals surface area contributed by atoms with Gasteiger partial charge in [-0.2, -0.15) is 5.26 Å². The van der Waals surface area contributed by atoms with Crippen molar-refractivity contribution < 1.29 is 5.11 Å². The predicted molar refractivity (Wildman–Crippen MR) is 84.8 cm³/mol. The molecule has 0 radical (unpaired) electrons. The van der Waals surface area contributed by atoms with Crippen LogP contribution in [-0.4, -0.2) is 23.8 Å². The van der Waals surface area contributed by atoms with Gasteiger partial charge in [0.1, 0.15) is 0 Å². The Labute approximate surface area is 128 Å². The fourth-order valence-corrected chi connectivity index (χ4v) is 3.16. The molecule has 1 saturated carbocycles. The lowest BCUT2D eigenvalue weighted by Gasteiger charge is -2.44. The highest BCUT2D eigenvalue weighted by Crippen LogP contribution is 2.43. The van der Waals surface area contributed by atoms with Crippen LogP contribution >= 0.6 is 0 Å². The van der Waals surface area contributed by atoms with Crippen LogP contribution in [0.2, 0.25) is 0 Å². The molecule has 1 aliphatic carbocycles. The van der Waals surface area contributed by atoms with E-state index >= 15 is 0 Å². The van der Waals surface area contributed by atoms with E-state index in [1.165, 1.54) is 0 Å². The molecule has 1 aromatic carbocycles. The maximum atomic E-state index is 10.0. The van der Waals surface area contributed by atoms with Gasteiger partial charge < -0.3 is 10.4 Å². The summed E-state index contributed by atoms with van der Waals surface area (Å²) in [6, 6.07) is 12.8. The Hall–Kier alpha value is -1.37. The Balaban J connectivity index is 1.82. The van der Waals surface area contributed by atoms with Gasteiger partial charge in [-0.3, -0.25) is 0 Å². The van der Waals surface area contributed by atoms with Crippen LogP contribution in [0.5, 0.6) is 0 Å². The average molecular weight is 286 g/mol. The van der Waals surface area contributed by atoms with Crippen LogP contribution in [-0.2, 0) is 5.41 Å². The first-order valence-electron chi connectivity index (χ1n) is 7.73. The van der Waals surface area contributed by atoms with E-state index in [0.717, 1.165) is 24.8 Å². The van der Waals surface area contributed by atoms with E-state index in [-0.39, 0.29) is 16.9 Å². The molecule has 21 heavy (non-hydrogen) atoms. The highest BCUT2D eigenvalue weighted by molar-refractivity contribution is 5.36. The van der Waals surface area contributed by atoms with Crippen molar-refractivity contribution in [2.75, 3.05) is 6.54 Å². The third kappa shape index (κ3) is 4.06. The van der Waals surface area contributed by atoms with Gasteiger partial charge in [0.05, 0.1) is 17.6 Å². The summed E-state index contributed by atoms with van der Waals surface area (Å²) in [6.07, 6.45) is 2.12. The van der Waals surface area contributed by atoms with Crippen LogP contribution in [0.1, 0.15) is 45.6 Å². The zero-order valence-electron chi connectivity index (χ0n) is 13.3. The summed E-state index contributed by atoms with van der Waals surface area (Å²) in [4.78, 5) is 0. The minimum Gasteiger partial charge on any atom is -0.392 e. The van der Waals surface area contributed by atoms with Crippen LogP contribution < -0.4 is 5.32 Å². The lowest BCUT2D eigenvalue weighted by Crippen LogP contribution is -2.52. The fraction of sp³-hybridized carbons (Fsp3) is 0.611. The second kappa shape index (κ2) is 6.17. The Kier molecular flexibility index (Phi) is 4.70. The van der Waals surface area contributed by atoms with Crippen LogP contribution in [0.25, 0.3) is 0 Å². The number of nitrogens with one attached hydrogen (secondary N) is 1. The van der Waals surface area contributed by atoms with Crippen molar-refractivity contribution in [1.29, 1.82) is 5.26 Å². The zero-order valence-corrected chi connectivity index (χ0v) is 13.3. The van der Waals surface area contributed by atoms with Crippen molar-refractivity contribution in [1.82, 2.24) is 5.32 Å². The van der Waals surface area contributed by atoms with Crippen molar-refractivity contribution >= 4 is 0 Å². The maximum Gasteiger partial charge on any atom is 0.0852 e. The van der Waals surface area contributed by atoms with E-state index in [4.69, 9.17) is 0 Å². The number of rotatable bonds is 5. The zero-order chi connectivity index (χ0) is 15.5. The van der Waals surface area contributed by atoms with Crippen molar-refractivity contribution in [3.05, 3.63) is 35.9 Å². The molecule has 2 rings (SSSR count). The molecule has 0 heterocycles. The average Bonchev–Trinajstić information content (AvgIpc) is 2.37. The van der Waals surface area contributed by atoms with Gasteiger partial charge in [0, 0.05) is 12.6 Å². The molecular weight excluding hydrogens is 260 g/mol. The molecular formula is C18H26N2O. The van der Waals surface area contributed by atoms with Gasteiger partial charge in [-0.25, -0.2) is 0 Å². The molecule has 0 amide bonds. The topological polar surface area (TPSA) is 56.0 Å². The van der Waals surface area contributed by atoms with E-state index in [1.807, 2.05) is 30.3 Å². The lowest BCUT2D eigenvalue weighted by atomic mass is 9.62. The Morgan fingerprint density at radius 2 is 1.95 bits per heavy atom. The Morgan fingerprint density at radius 3 is 2.48 bits per heavy atom. The molecule has 114 valence electrons. The van der Waals surface area contributed by atoms with Gasteiger partial charge >= 0.3 is 0 Å². The fourth-order valence-electron chi connectivity index (χ4n) is 3.16. The number of nitriles is 1. The Morgan fingerprint density at radius 1 is 1.33 bits per heavy atom. The molecule has 3 heteroatoms. The number of nitrogens with zero attached hydrogens (tertiary/aromatic N) is 1. The van der Waals surface area contributed by atoms with Crippen molar-refractivity contribution in [3.8, 4) is 6.07 Å². The predicted octanol–water partition coefficient (Wildman–Crippen LogP) is 3.00. The number of aliphatic hydroxyl groups is 1. The van der Waals surface area contributed by atoms with Crippen LogP contribution in [0.3, 0.4) is 0 Å². The molecule has 2 N–H and O–H groups in total. The van der Waals surface area contributed by atoms with E-state index in [0.29, 0.717) is 12.6 Å². The van der Waals surface area contributed by atoms with Crippen molar-refractivity contribution in [3.63, 3.8) is 0 Å². The molecule has 0 aliphatic heterocycles. The third-order valence-electron chi connectivity index (χ3n) is 4.22. The molecule has 3 nitrogen and oxygen atoms in total. The molecule has 1 aliphatic rings. The largest absolute Gasteiger partial charge is 0.392 e. The molecule has 1 aromatic rings. The first-order chi connectivity index (χ1) is 9.85. The van der Waals surface area contributed by atoms with Crippen molar-refractivity contribution in [2.24, 2.45) is 5.41 Å². The summed E-state index contributed by atoms with van der Waals surface area (Å²) in [5.41, 5.74) is 0.913. The SMILES string of the molecule is CC(C)(C)CC(O)CNC1CC(C#N)(c2ccccc2)C1. The van der Waals surface area contributed by atoms with E-state index in [2.05, 4.69) is 32.2 Å². The summed E-state index contributed by atoms with van der Waals surface area (Å²) >= 11 is 0. The summed E-state index contributed by atoms with van der Waals surface area (Å²) < 4.78 is 0. The van der Waals surface area contributed by atoms with E-state index in [9.17, 15) is 10.4 Å². The smallest absolute Gasteiger partial charge is 0.0852 e. The first kappa shape index (κ1) is 16.0. The summed E-state index contributed by atoms with van der Waals surface area (Å²) in [5.74, 6) is 0. The van der Waals surface area contributed by atoms with Gasteiger partial charge in [-0.15, -0.1) is 0 Å². The van der Waals surface area contributed by atoms with Crippen LogP contribution in [0.4, 0.5) is 0 Å². The Bertz CT molecular complexity index is 492. The first-order valence-corrected chi connectivity index (χ1v) is 7.73. The normalized spacial score (nSPS) is 26.7. The van der Waals surface area contributed by atoms with Crippen LogP contribution in [0, 0.1) is 16.7 Å². The van der Waals surface area contributed by atoms with Crippen LogP contribution in [0.15, 0.2) is 30.3 Å². The lowest BCUT2D eigenvalue weighted by molar-refractivity contribution is 0.105. The summed E-state index contributed by atoms with van der Waals surface area (Å²) in [7, 11) is 0. The van der Waals surface area contributed by atoms with Gasteiger partial charge in [-0.05, 0) is 30.2 Å².